The van der Waals surface area contributed by atoms with Gasteiger partial charge in [0, 0.05) is 10.0 Å². The molecule has 3 rings (SSSR count). The number of nitrogens with one attached hydrogen (secondary N) is 1. The molecule has 0 saturated carbocycles. The van der Waals surface area contributed by atoms with Gasteiger partial charge in [-0.15, -0.1) is 0 Å². The number of carbonyl (C=O) groups excluding carboxylic acids is 2. The zero-order valence-electron chi connectivity index (χ0n) is 16.0. The van der Waals surface area contributed by atoms with E-state index in [9.17, 15) is 9.59 Å². The number of benzene rings is 2. The molecule has 5 nitrogen and oxygen atoms in total. The topological polar surface area (TPSA) is 58.6 Å². The number of hydrogen-bond donors (Lipinski definition) is 1. The quantitative estimate of drug-likeness (QED) is 0.303. The molecular weight excluding hydrogens is 452 g/mol. The first-order valence-corrected chi connectivity index (χ1v) is 10.0. The summed E-state index contributed by atoms with van der Waals surface area (Å²) < 4.78 is 6.44. The van der Waals surface area contributed by atoms with Crippen LogP contribution in [0.1, 0.15) is 16.7 Å². The van der Waals surface area contributed by atoms with E-state index in [1.54, 1.807) is 24.3 Å². The summed E-state index contributed by atoms with van der Waals surface area (Å²) in [6.45, 7) is 7.88. The summed E-state index contributed by atoms with van der Waals surface area (Å²) in [5.41, 5.74) is 3.28. The van der Waals surface area contributed by atoms with Gasteiger partial charge < -0.3 is 4.74 Å². The first kappa shape index (κ1) is 21.0. The van der Waals surface area contributed by atoms with Gasteiger partial charge >= 0.3 is 0 Å². The molecule has 148 valence electrons. The Hall–Kier alpha value is -2.77. The maximum Gasteiger partial charge on any atom is 0.270 e. The SMILES string of the molecule is C=CCOc1ccc(Br)cc1/C=C1\C(=O)NC(=S)N(c2ccc(C)c(C)c2)C1=O. The van der Waals surface area contributed by atoms with Crippen LogP contribution in [0.3, 0.4) is 0 Å². The lowest BCUT2D eigenvalue weighted by atomic mass is 10.0. The zero-order chi connectivity index (χ0) is 21.1. The third-order valence-electron chi connectivity index (χ3n) is 4.48. The third-order valence-corrected chi connectivity index (χ3v) is 5.26. The van der Waals surface area contributed by atoms with Gasteiger partial charge in [0.1, 0.15) is 17.9 Å². The number of ether oxygens (including phenoxy) is 1. The summed E-state index contributed by atoms with van der Waals surface area (Å²) >= 11 is 8.67. The number of aryl methyl sites for hydroxylation is 2. The number of hydrogen-bond acceptors (Lipinski definition) is 4. The van der Waals surface area contributed by atoms with Gasteiger partial charge in [0.2, 0.25) is 0 Å². The van der Waals surface area contributed by atoms with Gasteiger partial charge in [-0.25, -0.2) is 0 Å². The summed E-state index contributed by atoms with van der Waals surface area (Å²) in [6.07, 6.45) is 3.13. The Morgan fingerprint density at radius 2 is 1.93 bits per heavy atom. The highest BCUT2D eigenvalue weighted by atomic mass is 79.9. The normalized spacial score (nSPS) is 15.5. The Morgan fingerprint density at radius 1 is 1.17 bits per heavy atom. The number of halogens is 1. The fourth-order valence-corrected chi connectivity index (χ4v) is 3.48. The van der Waals surface area contributed by atoms with E-state index in [2.05, 4.69) is 27.8 Å². The van der Waals surface area contributed by atoms with Crippen LogP contribution in [0.2, 0.25) is 0 Å². The van der Waals surface area contributed by atoms with E-state index in [-0.39, 0.29) is 10.7 Å². The molecular formula is C22H19BrN2O3S. The van der Waals surface area contributed by atoms with Crippen LogP contribution in [0.5, 0.6) is 5.75 Å². The van der Waals surface area contributed by atoms with Gasteiger partial charge in [-0.2, -0.15) is 0 Å². The minimum atomic E-state index is -0.547. The highest BCUT2D eigenvalue weighted by Crippen LogP contribution is 2.28. The number of nitrogens with zero attached hydrogens (tertiary/aromatic N) is 1. The Morgan fingerprint density at radius 3 is 2.62 bits per heavy atom. The molecule has 0 atom stereocenters. The molecule has 2 aromatic carbocycles. The van der Waals surface area contributed by atoms with E-state index in [4.69, 9.17) is 17.0 Å². The van der Waals surface area contributed by atoms with Gasteiger partial charge in [-0.3, -0.25) is 19.8 Å². The molecule has 1 N–H and O–H groups in total. The lowest BCUT2D eigenvalue weighted by Crippen LogP contribution is -2.54. The molecule has 1 aliphatic heterocycles. The first-order chi connectivity index (χ1) is 13.8. The average Bonchev–Trinajstić information content (AvgIpc) is 2.67. The van der Waals surface area contributed by atoms with E-state index < -0.39 is 11.8 Å². The molecule has 0 bridgehead atoms. The number of carbonyl (C=O) groups is 2. The van der Waals surface area contributed by atoms with E-state index in [1.807, 2.05) is 32.0 Å². The highest BCUT2D eigenvalue weighted by Gasteiger charge is 2.34. The Balaban J connectivity index is 2.05. The van der Waals surface area contributed by atoms with Crippen molar-refractivity contribution in [3.05, 3.63) is 75.8 Å². The van der Waals surface area contributed by atoms with Crippen molar-refractivity contribution < 1.29 is 14.3 Å². The van der Waals surface area contributed by atoms with Crippen LogP contribution in [0.25, 0.3) is 6.08 Å². The van der Waals surface area contributed by atoms with Crippen molar-refractivity contribution in [2.24, 2.45) is 0 Å². The molecule has 0 spiro atoms. The van der Waals surface area contributed by atoms with Crippen LogP contribution in [0, 0.1) is 13.8 Å². The van der Waals surface area contributed by atoms with Crippen LogP contribution in [0.4, 0.5) is 5.69 Å². The summed E-state index contributed by atoms with van der Waals surface area (Å²) in [6, 6.07) is 10.9. The Kier molecular flexibility index (Phi) is 6.30. The van der Waals surface area contributed by atoms with E-state index >= 15 is 0 Å². The lowest BCUT2D eigenvalue weighted by molar-refractivity contribution is -0.122. The molecule has 1 saturated heterocycles. The number of thiocarbonyl (C=S) groups is 1. The molecule has 0 unspecified atom stereocenters. The minimum Gasteiger partial charge on any atom is -0.489 e. The third kappa shape index (κ3) is 4.46. The van der Waals surface area contributed by atoms with Crippen molar-refractivity contribution in [3.63, 3.8) is 0 Å². The summed E-state index contributed by atoms with van der Waals surface area (Å²) in [5.74, 6) is -0.501. The van der Waals surface area contributed by atoms with Crippen LogP contribution < -0.4 is 15.0 Å². The zero-order valence-corrected chi connectivity index (χ0v) is 18.4. The molecule has 7 heteroatoms. The second-order valence-electron chi connectivity index (χ2n) is 6.51. The first-order valence-electron chi connectivity index (χ1n) is 8.83. The smallest absolute Gasteiger partial charge is 0.270 e. The van der Waals surface area contributed by atoms with Gasteiger partial charge in [0.05, 0.1) is 5.69 Å². The van der Waals surface area contributed by atoms with Gasteiger partial charge in [-0.05, 0) is 73.6 Å². The number of amides is 2. The maximum atomic E-state index is 13.2. The fraction of sp³-hybridized carbons (Fsp3) is 0.136. The predicted octanol–water partition coefficient (Wildman–Crippen LogP) is 4.46. The largest absolute Gasteiger partial charge is 0.489 e. The number of anilines is 1. The van der Waals surface area contributed by atoms with E-state index in [0.717, 1.165) is 15.6 Å². The minimum absolute atomic E-state index is 0.0293. The standard InChI is InChI=1S/C22H19BrN2O3S/c1-4-9-28-19-8-6-16(23)11-15(19)12-18-20(26)24-22(29)25(21(18)27)17-7-5-13(2)14(3)10-17/h4-8,10-12H,1,9H2,2-3H3,(H,24,26,29)/b18-12+. The molecule has 2 aromatic rings. The lowest BCUT2D eigenvalue weighted by Gasteiger charge is -2.29. The van der Waals surface area contributed by atoms with Gasteiger partial charge in [-0.1, -0.05) is 34.7 Å². The molecule has 2 amide bonds. The second-order valence-corrected chi connectivity index (χ2v) is 7.81. The average molecular weight is 471 g/mol. The van der Waals surface area contributed by atoms with E-state index in [0.29, 0.717) is 23.6 Å². The Bertz CT molecular complexity index is 1060. The van der Waals surface area contributed by atoms with Crippen LogP contribution in [-0.4, -0.2) is 23.5 Å². The molecule has 1 fully saturated rings. The van der Waals surface area contributed by atoms with Crippen molar-refractivity contribution >= 4 is 56.8 Å². The summed E-state index contributed by atoms with van der Waals surface area (Å²) in [5, 5.41) is 2.65. The van der Waals surface area contributed by atoms with Crippen molar-refractivity contribution in [1.82, 2.24) is 5.32 Å². The van der Waals surface area contributed by atoms with E-state index in [1.165, 1.54) is 11.0 Å². The molecule has 0 radical (unpaired) electrons. The molecule has 0 aliphatic carbocycles. The summed E-state index contributed by atoms with van der Waals surface area (Å²) in [7, 11) is 0. The van der Waals surface area contributed by atoms with Crippen LogP contribution in [-0.2, 0) is 9.59 Å². The fourth-order valence-electron chi connectivity index (χ4n) is 2.82. The second kappa shape index (κ2) is 8.71. The maximum absolute atomic E-state index is 13.2. The Labute approximate surface area is 183 Å². The van der Waals surface area contributed by atoms with Gasteiger partial charge in [0.25, 0.3) is 11.8 Å². The van der Waals surface area contributed by atoms with Crippen molar-refractivity contribution in [1.29, 1.82) is 0 Å². The molecule has 1 aliphatic rings. The van der Waals surface area contributed by atoms with Crippen LogP contribution >= 0.6 is 28.1 Å². The van der Waals surface area contributed by atoms with Crippen LogP contribution in [0.15, 0.2) is 59.1 Å². The molecule has 29 heavy (non-hydrogen) atoms. The molecule has 1 heterocycles. The van der Waals surface area contributed by atoms with Crippen molar-refractivity contribution in [2.45, 2.75) is 13.8 Å². The van der Waals surface area contributed by atoms with Gasteiger partial charge in [0.15, 0.2) is 5.11 Å². The highest BCUT2D eigenvalue weighted by molar-refractivity contribution is 9.10. The predicted molar refractivity (Wildman–Crippen MR) is 122 cm³/mol. The van der Waals surface area contributed by atoms with Crippen molar-refractivity contribution in [2.75, 3.05) is 11.5 Å². The summed E-state index contributed by atoms with van der Waals surface area (Å²) in [4.78, 5) is 27.1. The monoisotopic (exact) mass is 470 g/mol. The molecule has 0 aromatic heterocycles. The number of rotatable bonds is 5. The van der Waals surface area contributed by atoms with Crippen molar-refractivity contribution in [3.8, 4) is 5.75 Å².